The Morgan fingerprint density at radius 3 is 2.24 bits per heavy atom. The summed E-state index contributed by atoms with van der Waals surface area (Å²) in [6, 6.07) is 26.6. The molecule has 0 atom stereocenters. The number of rotatable bonds is 6. The van der Waals surface area contributed by atoms with Crippen LogP contribution in [0.2, 0.25) is 5.02 Å². The molecule has 5 aromatic rings. The summed E-state index contributed by atoms with van der Waals surface area (Å²) < 4.78 is 3.35. The van der Waals surface area contributed by atoms with Crippen molar-refractivity contribution in [2.45, 2.75) is 6.54 Å². The Morgan fingerprint density at radius 1 is 0.816 bits per heavy atom. The summed E-state index contributed by atoms with van der Waals surface area (Å²) in [5, 5.41) is 13.3. The second kappa shape index (κ2) is 10.1. The molecule has 186 valence electrons. The highest BCUT2D eigenvalue weighted by Gasteiger charge is 2.36. The minimum absolute atomic E-state index is 0.0183. The first-order valence-electron chi connectivity index (χ1n) is 11.7. The molecule has 0 unspecified atom stereocenters. The number of carbonyl (C=O) groups excluding carboxylic acids is 2. The SMILES string of the molecule is O=C1S/C(=C\c2cn(-c3ccccc3)nc2-c2ccccc2)C(=O)N1Cc1cn(-c2ccc(Cl)cc2)nn1. The molecule has 2 aromatic heterocycles. The van der Waals surface area contributed by atoms with Crippen LogP contribution in [0.4, 0.5) is 4.79 Å². The quantitative estimate of drug-likeness (QED) is 0.246. The fourth-order valence-electron chi connectivity index (χ4n) is 4.06. The van der Waals surface area contributed by atoms with Crippen LogP contribution < -0.4 is 0 Å². The lowest BCUT2D eigenvalue weighted by atomic mass is 10.1. The van der Waals surface area contributed by atoms with Crippen LogP contribution in [0.1, 0.15) is 11.3 Å². The second-order valence-corrected chi connectivity index (χ2v) is 9.91. The van der Waals surface area contributed by atoms with Crippen LogP contribution in [0.5, 0.6) is 0 Å². The largest absolute Gasteiger partial charge is 0.293 e. The Balaban J connectivity index is 1.28. The molecule has 1 aliphatic heterocycles. The number of para-hydroxylation sites is 1. The number of hydrogen-bond donors (Lipinski definition) is 0. The van der Waals surface area contributed by atoms with Crippen molar-refractivity contribution in [2.75, 3.05) is 0 Å². The van der Waals surface area contributed by atoms with E-state index in [0.29, 0.717) is 21.3 Å². The van der Waals surface area contributed by atoms with Gasteiger partial charge in [0, 0.05) is 22.3 Å². The summed E-state index contributed by atoms with van der Waals surface area (Å²) in [7, 11) is 0. The maximum absolute atomic E-state index is 13.3. The van der Waals surface area contributed by atoms with Gasteiger partial charge < -0.3 is 0 Å². The summed E-state index contributed by atoms with van der Waals surface area (Å²) in [5.41, 5.74) is 4.51. The van der Waals surface area contributed by atoms with Gasteiger partial charge in [0.05, 0.1) is 34.7 Å². The van der Waals surface area contributed by atoms with Gasteiger partial charge in [0.2, 0.25) is 0 Å². The first kappa shape index (κ1) is 23.9. The Labute approximate surface area is 227 Å². The number of nitrogens with zero attached hydrogens (tertiary/aromatic N) is 6. The van der Waals surface area contributed by atoms with Crippen LogP contribution in [0.3, 0.4) is 0 Å². The predicted molar refractivity (Wildman–Crippen MR) is 147 cm³/mol. The van der Waals surface area contributed by atoms with Gasteiger partial charge in [-0.1, -0.05) is 65.3 Å². The van der Waals surface area contributed by atoms with Gasteiger partial charge in [-0.05, 0) is 54.2 Å². The number of amides is 2. The molecule has 8 nitrogen and oxygen atoms in total. The summed E-state index contributed by atoms with van der Waals surface area (Å²) >= 11 is 6.86. The van der Waals surface area contributed by atoms with Gasteiger partial charge in [-0.25, -0.2) is 9.36 Å². The van der Waals surface area contributed by atoms with Gasteiger partial charge in [-0.3, -0.25) is 14.5 Å². The van der Waals surface area contributed by atoms with E-state index in [-0.39, 0.29) is 17.7 Å². The van der Waals surface area contributed by atoms with E-state index in [2.05, 4.69) is 10.3 Å². The zero-order chi connectivity index (χ0) is 26.1. The van der Waals surface area contributed by atoms with Crippen molar-refractivity contribution in [1.82, 2.24) is 29.7 Å². The third-order valence-corrected chi connectivity index (χ3v) is 7.08. The minimum atomic E-state index is -0.382. The van der Waals surface area contributed by atoms with Crippen LogP contribution in [-0.4, -0.2) is 40.8 Å². The topological polar surface area (TPSA) is 85.9 Å². The van der Waals surface area contributed by atoms with Gasteiger partial charge in [-0.2, -0.15) is 5.10 Å². The third-order valence-electron chi connectivity index (χ3n) is 5.92. The predicted octanol–water partition coefficient (Wildman–Crippen LogP) is 6.01. The molecule has 0 saturated carbocycles. The fourth-order valence-corrected chi connectivity index (χ4v) is 5.01. The molecule has 1 aliphatic rings. The van der Waals surface area contributed by atoms with E-state index in [9.17, 15) is 9.59 Å². The van der Waals surface area contributed by atoms with Crippen molar-refractivity contribution in [3.8, 4) is 22.6 Å². The average molecular weight is 539 g/mol. The van der Waals surface area contributed by atoms with E-state index in [1.807, 2.05) is 79.0 Å². The smallest absolute Gasteiger partial charge is 0.268 e. The molecule has 0 radical (unpaired) electrons. The average Bonchev–Trinajstić information content (AvgIpc) is 3.65. The highest BCUT2D eigenvalue weighted by Crippen LogP contribution is 2.35. The molecule has 0 bridgehead atoms. The number of imide groups is 1. The Hall–Kier alpha value is -4.47. The normalized spacial score (nSPS) is 14.6. The molecule has 1 saturated heterocycles. The molecule has 10 heteroatoms. The molecule has 3 heterocycles. The zero-order valence-corrected chi connectivity index (χ0v) is 21.4. The molecule has 38 heavy (non-hydrogen) atoms. The monoisotopic (exact) mass is 538 g/mol. The maximum atomic E-state index is 13.3. The van der Waals surface area contributed by atoms with E-state index in [4.69, 9.17) is 16.7 Å². The van der Waals surface area contributed by atoms with E-state index in [0.717, 1.165) is 34.3 Å². The van der Waals surface area contributed by atoms with Crippen LogP contribution in [0.25, 0.3) is 28.7 Å². The summed E-state index contributed by atoms with van der Waals surface area (Å²) in [6.07, 6.45) is 5.28. The molecular weight excluding hydrogens is 520 g/mol. The Bertz CT molecular complexity index is 1660. The van der Waals surface area contributed by atoms with Gasteiger partial charge in [0.25, 0.3) is 11.1 Å². The summed E-state index contributed by atoms with van der Waals surface area (Å²) in [4.78, 5) is 27.6. The van der Waals surface area contributed by atoms with Crippen molar-refractivity contribution >= 4 is 40.6 Å². The Kier molecular flexibility index (Phi) is 6.36. The van der Waals surface area contributed by atoms with E-state index in [1.54, 1.807) is 33.8 Å². The lowest BCUT2D eigenvalue weighted by Crippen LogP contribution is -2.27. The van der Waals surface area contributed by atoms with Crippen LogP contribution in [0.15, 0.2) is 102 Å². The standard InChI is InChI=1S/C28H19ClN6O2S/c29-21-11-13-24(14-12-21)35-18-22(30-32-35)17-33-27(36)25(38-28(33)37)15-20-16-34(23-9-5-2-6-10-23)31-26(20)19-7-3-1-4-8-19/h1-16,18H,17H2/b25-15-. The highest BCUT2D eigenvalue weighted by atomic mass is 35.5. The molecule has 3 aromatic carbocycles. The first-order chi connectivity index (χ1) is 18.5. The zero-order valence-electron chi connectivity index (χ0n) is 19.8. The maximum Gasteiger partial charge on any atom is 0.293 e. The summed E-state index contributed by atoms with van der Waals surface area (Å²) in [5.74, 6) is -0.382. The number of halogens is 1. The van der Waals surface area contributed by atoms with E-state index < -0.39 is 0 Å². The van der Waals surface area contributed by atoms with Crippen molar-refractivity contribution in [3.05, 3.63) is 119 Å². The molecule has 2 amide bonds. The number of thioether (sulfide) groups is 1. The lowest BCUT2D eigenvalue weighted by molar-refractivity contribution is -0.123. The van der Waals surface area contributed by atoms with Crippen molar-refractivity contribution in [2.24, 2.45) is 0 Å². The van der Waals surface area contributed by atoms with Crippen molar-refractivity contribution < 1.29 is 9.59 Å². The van der Waals surface area contributed by atoms with Crippen molar-refractivity contribution in [3.63, 3.8) is 0 Å². The lowest BCUT2D eigenvalue weighted by Gasteiger charge is -2.09. The molecule has 0 aliphatic carbocycles. The van der Waals surface area contributed by atoms with Crippen LogP contribution in [-0.2, 0) is 11.3 Å². The van der Waals surface area contributed by atoms with E-state index >= 15 is 0 Å². The highest BCUT2D eigenvalue weighted by molar-refractivity contribution is 8.18. The minimum Gasteiger partial charge on any atom is -0.268 e. The summed E-state index contributed by atoms with van der Waals surface area (Å²) in [6.45, 7) is 0.0183. The molecule has 0 spiro atoms. The van der Waals surface area contributed by atoms with Gasteiger partial charge >= 0.3 is 0 Å². The molecule has 6 rings (SSSR count). The van der Waals surface area contributed by atoms with Crippen molar-refractivity contribution in [1.29, 1.82) is 0 Å². The number of carbonyl (C=O) groups is 2. The number of aromatic nitrogens is 5. The van der Waals surface area contributed by atoms with Crippen LogP contribution in [0, 0.1) is 0 Å². The molecule has 0 N–H and O–H groups in total. The molecule has 1 fully saturated rings. The third kappa shape index (κ3) is 4.77. The molecular formula is C28H19ClN6O2S. The number of hydrogen-bond acceptors (Lipinski definition) is 6. The second-order valence-electron chi connectivity index (χ2n) is 8.48. The fraction of sp³-hybridized carbons (Fsp3) is 0.0357. The number of benzene rings is 3. The van der Waals surface area contributed by atoms with Crippen LogP contribution >= 0.6 is 23.4 Å². The first-order valence-corrected chi connectivity index (χ1v) is 12.9. The van der Waals surface area contributed by atoms with Gasteiger partial charge in [0.1, 0.15) is 5.69 Å². The van der Waals surface area contributed by atoms with Gasteiger partial charge in [-0.15, -0.1) is 5.10 Å². The van der Waals surface area contributed by atoms with E-state index in [1.165, 1.54) is 4.90 Å². The van der Waals surface area contributed by atoms with Gasteiger partial charge in [0.15, 0.2) is 0 Å². The Morgan fingerprint density at radius 2 is 1.50 bits per heavy atom.